The second-order valence-electron chi connectivity index (χ2n) is 7.66. The fourth-order valence-electron chi connectivity index (χ4n) is 4.17. The second kappa shape index (κ2) is 7.62. The van der Waals surface area contributed by atoms with Crippen LogP contribution in [0.3, 0.4) is 0 Å². The monoisotopic (exact) mass is 378 g/mol. The molecule has 0 bridgehead atoms. The van der Waals surface area contributed by atoms with Gasteiger partial charge in [-0.1, -0.05) is 37.5 Å². The molecule has 4 rings (SSSR count). The predicted molar refractivity (Wildman–Crippen MR) is 110 cm³/mol. The van der Waals surface area contributed by atoms with Crippen molar-refractivity contribution in [3.8, 4) is 5.69 Å². The van der Waals surface area contributed by atoms with Crippen LogP contribution >= 0.6 is 0 Å². The van der Waals surface area contributed by atoms with Crippen LogP contribution in [0.2, 0.25) is 0 Å². The topological polar surface area (TPSA) is 68.9 Å². The normalized spacial score (nSPS) is 15.1. The first-order valence-electron chi connectivity index (χ1n) is 9.98. The number of aromatic nitrogens is 3. The van der Waals surface area contributed by atoms with Crippen LogP contribution in [0.25, 0.3) is 16.7 Å². The molecular formula is C22H26N4O2. The van der Waals surface area contributed by atoms with Crippen LogP contribution in [0, 0.1) is 13.8 Å². The highest BCUT2D eigenvalue weighted by Crippen LogP contribution is 2.24. The van der Waals surface area contributed by atoms with Gasteiger partial charge in [0.25, 0.3) is 5.56 Å². The molecule has 0 aliphatic heterocycles. The lowest BCUT2D eigenvalue weighted by Crippen LogP contribution is -2.39. The highest BCUT2D eigenvalue weighted by molar-refractivity contribution is 5.83. The third-order valence-corrected chi connectivity index (χ3v) is 5.78. The molecule has 6 heteroatoms. The Labute approximate surface area is 164 Å². The number of hydrogen-bond donors (Lipinski definition) is 1. The number of rotatable bonds is 4. The average molecular weight is 378 g/mol. The van der Waals surface area contributed by atoms with Gasteiger partial charge in [0, 0.05) is 17.4 Å². The zero-order valence-corrected chi connectivity index (χ0v) is 16.4. The van der Waals surface area contributed by atoms with Gasteiger partial charge in [-0.05, 0) is 44.4 Å². The number of aryl methyl sites for hydroxylation is 1. The first-order valence-corrected chi connectivity index (χ1v) is 9.98. The van der Waals surface area contributed by atoms with Gasteiger partial charge in [-0.3, -0.25) is 18.7 Å². The van der Waals surface area contributed by atoms with Gasteiger partial charge in [-0.25, -0.2) is 4.98 Å². The van der Waals surface area contributed by atoms with Crippen molar-refractivity contribution in [2.45, 2.75) is 58.5 Å². The first-order chi connectivity index (χ1) is 13.6. The summed E-state index contributed by atoms with van der Waals surface area (Å²) in [6.07, 6.45) is 7.09. The number of amides is 1. The molecule has 2 aromatic heterocycles. The molecule has 28 heavy (non-hydrogen) atoms. The SMILES string of the molecule is Cc1c(C)n(-c2ccccc2)c2ncn(CC(=O)NC3CCCCC3)c(=O)c12. The minimum Gasteiger partial charge on any atom is -0.352 e. The Morgan fingerprint density at radius 3 is 2.57 bits per heavy atom. The summed E-state index contributed by atoms with van der Waals surface area (Å²) < 4.78 is 3.42. The van der Waals surface area contributed by atoms with E-state index in [9.17, 15) is 9.59 Å². The summed E-state index contributed by atoms with van der Waals surface area (Å²) in [5, 5.41) is 3.65. The van der Waals surface area contributed by atoms with Crippen molar-refractivity contribution in [2.75, 3.05) is 0 Å². The smallest absolute Gasteiger partial charge is 0.263 e. The van der Waals surface area contributed by atoms with Gasteiger partial charge in [0.05, 0.1) is 5.39 Å². The summed E-state index contributed by atoms with van der Waals surface area (Å²) in [6.45, 7) is 3.93. The summed E-state index contributed by atoms with van der Waals surface area (Å²) in [7, 11) is 0. The maximum Gasteiger partial charge on any atom is 0.263 e. The first kappa shape index (κ1) is 18.5. The summed E-state index contributed by atoms with van der Waals surface area (Å²) in [5.74, 6) is -0.119. The Morgan fingerprint density at radius 1 is 1.14 bits per heavy atom. The molecule has 2 heterocycles. The zero-order chi connectivity index (χ0) is 19.7. The Balaban J connectivity index is 1.67. The zero-order valence-electron chi connectivity index (χ0n) is 16.4. The largest absolute Gasteiger partial charge is 0.352 e. The molecule has 0 unspecified atom stereocenters. The Bertz CT molecular complexity index is 1060. The van der Waals surface area contributed by atoms with Crippen LogP contribution in [0.5, 0.6) is 0 Å². The molecule has 0 radical (unpaired) electrons. The summed E-state index contributed by atoms with van der Waals surface area (Å²) >= 11 is 0. The maximum atomic E-state index is 13.1. The summed E-state index contributed by atoms with van der Waals surface area (Å²) in [4.78, 5) is 30.1. The fourth-order valence-corrected chi connectivity index (χ4v) is 4.17. The molecule has 1 N–H and O–H groups in total. The van der Waals surface area contributed by atoms with Crippen molar-refractivity contribution in [3.63, 3.8) is 0 Å². The van der Waals surface area contributed by atoms with Crippen molar-refractivity contribution >= 4 is 16.9 Å². The van der Waals surface area contributed by atoms with Gasteiger partial charge in [0.15, 0.2) is 5.65 Å². The molecule has 0 atom stereocenters. The molecule has 1 saturated carbocycles. The van der Waals surface area contributed by atoms with Crippen LogP contribution < -0.4 is 10.9 Å². The Kier molecular flexibility index (Phi) is 5.03. The van der Waals surface area contributed by atoms with Crippen LogP contribution in [0.4, 0.5) is 0 Å². The third kappa shape index (κ3) is 3.35. The third-order valence-electron chi connectivity index (χ3n) is 5.78. The van der Waals surface area contributed by atoms with Gasteiger partial charge in [0.2, 0.25) is 5.91 Å². The number of hydrogen-bond acceptors (Lipinski definition) is 3. The standard InChI is InChI=1S/C22H26N4O2/c1-15-16(2)26(18-11-7-4-8-12-18)21-20(15)22(28)25(14-23-21)13-19(27)24-17-9-5-3-6-10-17/h4,7-8,11-12,14,17H,3,5-6,9-10,13H2,1-2H3,(H,24,27). The van der Waals surface area contributed by atoms with E-state index in [1.807, 2.05) is 48.7 Å². The number of carbonyl (C=O) groups excluding carboxylic acids is 1. The Morgan fingerprint density at radius 2 is 1.86 bits per heavy atom. The van der Waals surface area contributed by atoms with Crippen LogP contribution in [-0.2, 0) is 11.3 Å². The molecule has 0 spiro atoms. The predicted octanol–water partition coefficient (Wildman–Crippen LogP) is 3.25. The minimum atomic E-state index is -0.168. The van der Waals surface area contributed by atoms with Crippen LogP contribution in [-0.4, -0.2) is 26.1 Å². The quantitative estimate of drug-likeness (QED) is 0.758. The fraction of sp³-hybridized carbons (Fsp3) is 0.409. The van der Waals surface area contributed by atoms with Crippen molar-refractivity contribution in [1.82, 2.24) is 19.4 Å². The van der Waals surface area contributed by atoms with E-state index in [2.05, 4.69) is 10.3 Å². The van der Waals surface area contributed by atoms with E-state index in [1.54, 1.807) is 0 Å². The molecule has 1 aliphatic carbocycles. The summed E-state index contributed by atoms with van der Waals surface area (Å²) in [5.41, 5.74) is 3.32. The van der Waals surface area contributed by atoms with Gasteiger partial charge >= 0.3 is 0 Å². The van der Waals surface area contributed by atoms with E-state index in [0.717, 1.165) is 42.6 Å². The molecule has 1 fully saturated rings. The van der Waals surface area contributed by atoms with Gasteiger partial charge in [0.1, 0.15) is 12.9 Å². The lowest BCUT2D eigenvalue weighted by Gasteiger charge is -2.22. The summed E-state index contributed by atoms with van der Waals surface area (Å²) in [6, 6.07) is 10.1. The van der Waals surface area contributed by atoms with Crippen molar-refractivity contribution in [2.24, 2.45) is 0 Å². The van der Waals surface area contributed by atoms with E-state index < -0.39 is 0 Å². The number of fused-ring (bicyclic) bond motifs is 1. The van der Waals surface area contributed by atoms with E-state index in [-0.39, 0.29) is 24.1 Å². The molecule has 0 saturated heterocycles. The molecule has 1 aromatic carbocycles. The molecular weight excluding hydrogens is 352 g/mol. The van der Waals surface area contributed by atoms with E-state index >= 15 is 0 Å². The number of nitrogens with zero attached hydrogens (tertiary/aromatic N) is 3. The number of nitrogens with one attached hydrogen (secondary N) is 1. The van der Waals surface area contributed by atoms with Crippen molar-refractivity contribution in [1.29, 1.82) is 0 Å². The number of para-hydroxylation sites is 1. The van der Waals surface area contributed by atoms with E-state index in [1.165, 1.54) is 17.3 Å². The molecule has 1 amide bonds. The van der Waals surface area contributed by atoms with Gasteiger partial charge in [-0.15, -0.1) is 0 Å². The molecule has 6 nitrogen and oxygen atoms in total. The van der Waals surface area contributed by atoms with Crippen molar-refractivity contribution in [3.05, 3.63) is 58.3 Å². The minimum absolute atomic E-state index is 0.00722. The van der Waals surface area contributed by atoms with E-state index in [4.69, 9.17) is 0 Å². The molecule has 1 aliphatic rings. The number of carbonyl (C=O) groups is 1. The lowest BCUT2D eigenvalue weighted by molar-refractivity contribution is -0.122. The number of benzene rings is 1. The molecule has 146 valence electrons. The van der Waals surface area contributed by atoms with Crippen molar-refractivity contribution < 1.29 is 4.79 Å². The van der Waals surface area contributed by atoms with Gasteiger partial charge in [-0.2, -0.15) is 0 Å². The average Bonchev–Trinajstić information content (AvgIpc) is 2.96. The highest BCUT2D eigenvalue weighted by Gasteiger charge is 2.20. The lowest BCUT2D eigenvalue weighted by atomic mass is 9.95. The van der Waals surface area contributed by atoms with Gasteiger partial charge < -0.3 is 5.32 Å². The Hall–Kier alpha value is -2.89. The highest BCUT2D eigenvalue weighted by atomic mass is 16.2. The maximum absolute atomic E-state index is 13.1. The van der Waals surface area contributed by atoms with E-state index in [0.29, 0.717) is 11.0 Å². The van der Waals surface area contributed by atoms with Crippen LogP contribution in [0.1, 0.15) is 43.4 Å². The molecule has 3 aromatic rings. The van der Waals surface area contributed by atoms with Crippen LogP contribution in [0.15, 0.2) is 41.5 Å². The second-order valence-corrected chi connectivity index (χ2v) is 7.66.